The Morgan fingerprint density at radius 3 is 2.59 bits per heavy atom. The Morgan fingerprint density at radius 1 is 1.24 bits per heavy atom. The number of phenolic OH excluding ortho intramolecular Hbond substituents is 1. The molecular weight excluding hydrogens is 366 g/mol. The van der Waals surface area contributed by atoms with Gasteiger partial charge in [-0.3, -0.25) is 9.89 Å². The van der Waals surface area contributed by atoms with Gasteiger partial charge in [-0.15, -0.1) is 0 Å². The molecule has 7 nitrogen and oxygen atoms in total. The van der Waals surface area contributed by atoms with Crippen LogP contribution in [0.5, 0.6) is 5.75 Å². The van der Waals surface area contributed by atoms with Crippen molar-refractivity contribution in [3.63, 3.8) is 0 Å². The van der Waals surface area contributed by atoms with Gasteiger partial charge in [-0.05, 0) is 61.4 Å². The summed E-state index contributed by atoms with van der Waals surface area (Å²) in [6.07, 6.45) is 2.95. The summed E-state index contributed by atoms with van der Waals surface area (Å²) in [5.41, 5.74) is 9.95. The van der Waals surface area contributed by atoms with Crippen molar-refractivity contribution in [3.8, 4) is 17.0 Å². The van der Waals surface area contributed by atoms with Crippen LogP contribution in [0.4, 0.5) is 0 Å². The van der Waals surface area contributed by atoms with Crippen LogP contribution < -0.4 is 5.73 Å². The molecule has 1 saturated carbocycles. The van der Waals surface area contributed by atoms with Crippen molar-refractivity contribution in [2.24, 2.45) is 17.6 Å². The minimum atomic E-state index is 0.0253. The summed E-state index contributed by atoms with van der Waals surface area (Å²) in [6, 6.07) is 8.91. The van der Waals surface area contributed by atoms with E-state index in [-0.39, 0.29) is 17.7 Å². The van der Waals surface area contributed by atoms with Gasteiger partial charge in [0.25, 0.3) is 5.91 Å². The zero-order valence-electron chi connectivity index (χ0n) is 16.4. The molecule has 2 fully saturated rings. The van der Waals surface area contributed by atoms with Crippen molar-refractivity contribution in [1.82, 2.24) is 20.1 Å². The number of aromatic hydroxyl groups is 1. The first kappa shape index (κ1) is 18.1. The molecule has 150 valence electrons. The summed E-state index contributed by atoms with van der Waals surface area (Å²) in [5.74, 6) is 1.000. The summed E-state index contributed by atoms with van der Waals surface area (Å²) >= 11 is 0. The lowest BCUT2D eigenvalue weighted by atomic mass is 9.92. The summed E-state index contributed by atoms with van der Waals surface area (Å²) in [4.78, 5) is 20.3. The van der Waals surface area contributed by atoms with Crippen molar-refractivity contribution in [2.75, 3.05) is 13.1 Å². The first-order valence-corrected chi connectivity index (χ1v) is 10.3. The molecule has 3 aromatic rings. The monoisotopic (exact) mass is 391 g/mol. The van der Waals surface area contributed by atoms with Gasteiger partial charge in [-0.25, -0.2) is 4.98 Å². The molecule has 2 unspecified atom stereocenters. The molecule has 3 heterocycles. The highest BCUT2D eigenvalue weighted by atomic mass is 16.3. The number of aromatic amines is 1. The number of rotatable bonds is 3. The van der Waals surface area contributed by atoms with Crippen LogP contribution in [0.1, 0.15) is 35.8 Å². The van der Waals surface area contributed by atoms with Gasteiger partial charge < -0.3 is 15.7 Å². The number of carbonyl (C=O) groups excluding carboxylic acids is 1. The van der Waals surface area contributed by atoms with Crippen molar-refractivity contribution in [3.05, 3.63) is 41.6 Å². The van der Waals surface area contributed by atoms with Crippen molar-refractivity contribution >= 4 is 16.9 Å². The first-order valence-electron chi connectivity index (χ1n) is 10.3. The Bertz CT molecular complexity index is 1060. The smallest absolute Gasteiger partial charge is 0.254 e. The molecule has 1 aliphatic carbocycles. The third-order valence-corrected chi connectivity index (χ3v) is 6.54. The molecule has 2 atom stereocenters. The predicted molar refractivity (Wildman–Crippen MR) is 110 cm³/mol. The van der Waals surface area contributed by atoms with Gasteiger partial charge in [0.15, 0.2) is 5.65 Å². The largest absolute Gasteiger partial charge is 0.508 e. The van der Waals surface area contributed by atoms with Gasteiger partial charge in [0.05, 0.1) is 16.6 Å². The Balaban J connectivity index is 1.60. The molecule has 1 saturated heterocycles. The van der Waals surface area contributed by atoms with E-state index in [0.717, 1.165) is 35.9 Å². The van der Waals surface area contributed by atoms with Crippen LogP contribution >= 0.6 is 0 Å². The number of phenols is 1. The number of hydrogen-bond donors (Lipinski definition) is 3. The van der Waals surface area contributed by atoms with Crippen LogP contribution in [-0.4, -0.2) is 50.2 Å². The minimum Gasteiger partial charge on any atom is -0.508 e. The highest BCUT2D eigenvalue weighted by Crippen LogP contribution is 2.37. The Hall–Kier alpha value is -2.93. The van der Waals surface area contributed by atoms with Crippen molar-refractivity contribution in [1.29, 1.82) is 0 Å². The molecule has 29 heavy (non-hydrogen) atoms. The van der Waals surface area contributed by atoms with Gasteiger partial charge in [-0.2, -0.15) is 5.10 Å². The van der Waals surface area contributed by atoms with Gasteiger partial charge >= 0.3 is 0 Å². The second kappa shape index (κ2) is 6.84. The molecule has 0 radical (unpaired) electrons. The van der Waals surface area contributed by atoms with Gasteiger partial charge in [0.1, 0.15) is 5.75 Å². The number of hydrogen-bond acceptors (Lipinski definition) is 5. The topological polar surface area (TPSA) is 108 Å². The number of likely N-dealkylation sites (tertiary alicyclic amines) is 1. The van der Waals surface area contributed by atoms with Crippen LogP contribution in [0.3, 0.4) is 0 Å². The number of nitrogens with two attached hydrogens (primary N) is 1. The first-order chi connectivity index (χ1) is 14.0. The zero-order valence-corrected chi connectivity index (χ0v) is 16.4. The lowest BCUT2D eigenvalue weighted by molar-refractivity contribution is 0.0639. The number of nitrogens with zero attached hydrogens (tertiary/aromatic N) is 3. The van der Waals surface area contributed by atoms with E-state index in [9.17, 15) is 9.90 Å². The molecule has 1 aromatic carbocycles. The molecule has 2 aromatic heterocycles. The second-order valence-electron chi connectivity index (χ2n) is 8.24. The summed E-state index contributed by atoms with van der Waals surface area (Å²) < 4.78 is 0. The lowest BCUT2D eigenvalue weighted by Crippen LogP contribution is -2.50. The van der Waals surface area contributed by atoms with E-state index in [0.29, 0.717) is 41.8 Å². The van der Waals surface area contributed by atoms with Crippen LogP contribution in [0.15, 0.2) is 30.3 Å². The third-order valence-electron chi connectivity index (χ3n) is 6.54. The Labute approximate surface area is 168 Å². The number of nitrogens with one attached hydrogen (secondary N) is 1. The third kappa shape index (κ3) is 2.97. The molecular formula is C22H25N5O2. The van der Waals surface area contributed by atoms with Crippen molar-refractivity contribution in [2.45, 2.75) is 32.2 Å². The van der Waals surface area contributed by atoms with Crippen LogP contribution in [0, 0.1) is 11.8 Å². The van der Waals surface area contributed by atoms with Gasteiger partial charge in [0, 0.05) is 30.4 Å². The van der Waals surface area contributed by atoms with Crippen LogP contribution in [0.25, 0.3) is 22.3 Å². The summed E-state index contributed by atoms with van der Waals surface area (Å²) in [7, 11) is 0. The number of carbonyl (C=O) groups is 1. The number of aromatic nitrogens is 3. The molecule has 4 N–H and O–H groups in total. The second-order valence-corrected chi connectivity index (χ2v) is 8.24. The highest BCUT2D eigenvalue weighted by molar-refractivity contribution is 6.07. The molecule has 5 rings (SSSR count). The lowest BCUT2D eigenvalue weighted by Gasteiger charge is -2.36. The maximum atomic E-state index is 13.6. The van der Waals surface area contributed by atoms with E-state index in [4.69, 9.17) is 5.73 Å². The summed E-state index contributed by atoms with van der Waals surface area (Å²) in [5, 5.41) is 17.8. The number of benzene rings is 1. The quantitative estimate of drug-likeness (QED) is 0.636. The standard InChI is InChI=1S/C22H25N5O2/c1-2-17-19-16(22(29)27-10-13-3-4-14(11-27)20(13)23)9-18(24-21(19)26-25-17)12-5-7-15(28)8-6-12/h5-9,13-14,20,28H,2-4,10-11,23H2,1H3,(H,24,25,26). The van der Waals surface area contributed by atoms with E-state index in [2.05, 4.69) is 15.2 Å². The average molecular weight is 391 g/mol. The minimum absolute atomic E-state index is 0.0253. The number of aryl methyl sites for hydroxylation is 1. The van der Waals surface area contributed by atoms with E-state index < -0.39 is 0 Å². The number of piperidine rings is 1. The van der Waals surface area contributed by atoms with Crippen LogP contribution in [0.2, 0.25) is 0 Å². The molecule has 1 aliphatic heterocycles. The molecule has 0 spiro atoms. The van der Waals surface area contributed by atoms with E-state index in [1.807, 2.05) is 17.9 Å². The predicted octanol–water partition coefficient (Wildman–Crippen LogP) is 2.70. The van der Waals surface area contributed by atoms with Gasteiger partial charge in [0.2, 0.25) is 0 Å². The normalized spacial score (nSPS) is 23.7. The fraction of sp³-hybridized carbons (Fsp3) is 0.409. The maximum absolute atomic E-state index is 13.6. The van der Waals surface area contributed by atoms with E-state index in [1.54, 1.807) is 24.3 Å². The molecule has 2 aliphatic rings. The fourth-order valence-electron chi connectivity index (χ4n) is 4.89. The number of pyridine rings is 1. The molecule has 7 heteroatoms. The van der Waals surface area contributed by atoms with Crippen molar-refractivity contribution < 1.29 is 9.90 Å². The highest BCUT2D eigenvalue weighted by Gasteiger charge is 2.41. The summed E-state index contributed by atoms with van der Waals surface area (Å²) in [6.45, 7) is 3.47. The number of H-pyrrole nitrogens is 1. The maximum Gasteiger partial charge on any atom is 0.254 e. The molecule has 2 bridgehead atoms. The Kier molecular flexibility index (Phi) is 4.28. The van der Waals surface area contributed by atoms with Crippen LogP contribution in [-0.2, 0) is 6.42 Å². The SMILES string of the molecule is CCc1[nH]nc2nc(-c3ccc(O)cc3)cc(C(=O)N3CC4CCC(C3)C4N)c12. The molecule has 1 amide bonds. The van der Waals surface area contributed by atoms with Gasteiger partial charge in [-0.1, -0.05) is 6.92 Å². The van der Waals surface area contributed by atoms with E-state index >= 15 is 0 Å². The number of fused-ring (bicyclic) bond motifs is 3. The Morgan fingerprint density at radius 2 is 1.93 bits per heavy atom. The average Bonchev–Trinajstić information content (AvgIpc) is 3.22. The number of amides is 1. The fourth-order valence-corrected chi connectivity index (χ4v) is 4.89. The zero-order chi connectivity index (χ0) is 20.1. The van der Waals surface area contributed by atoms with E-state index in [1.165, 1.54) is 0 Å².